The van der Waals surface area contributed by atoms with Gasteiger partial charge in [-0.1, -0.05) is 18.6 Å². The molecule has 0 spiro atoms. The zero-order chi connectivity index (χ0) is 17.5. The third kappa shape index (κ3) is 6.80. The molecule has 3 rings (SSSR count). The number of carbonyl (C=O) groups is 1. The maximum absolute atomic E-state index is 12.4. The number of hydrogen-bond acceptors (Lipinski definition) is 5. The van der Waals surface area contributed by atoms with Gasteiger partial charge in [0.15, 0.2) is 0 Å². The lowest BCUT2D eigenvalue weighted by Gasteiger charge is -2.35. The van der Waals surface area contributed by atoms with Gasteiger partial charge in [0.25, 0.3) is 5.91 Å². The summed E-state index contributed by atoms with van der Waals surface area (Å²) in [4.78, 5) is 14.9. The van der Waals surface area contributed by atoms with Crippen molar-refractivity contribution in [1.82, 2.24) is 15.5 Å². The van der Waals surface area contributed by atoms with E-state index in [1.54, 1.807) is 7.11 Å². The number of nitrogens with zero attached hydrogens (tertiary/aromatic N) is 1. The topological polar surface area (TPSA) is 62.8 Å². The van der Waals surface area contributed by atoms with E-state index in [1.807, 2.05) is 12.1 Å². The van der Waals surface area contributed by atoms with E-state index >= 15 is 0 Å². The molecule has 0 aromatic heterocycles. The van der Waals surface area contributed by atoms with E-state index in [1.165, 1.54) is 24.8 Å². The smallest absolute Gasteiger partial charge is 0.250 e. The third-order valence-electron chi connectivity index (χ3n) is 5.02. The second-order valence-corrected chi connectivity index (χ2v) is 6.69. The van der Waals surface area contributed by atoms with Crippen molar-refractivity contribution in [2.45, 2.75) is 31.4 Å². The molecule has 1 aromatic carbocycles. The number of amides is 1. The molecule has 2 aliphatic heterocycles. The van der Waals surface area contributed by atoms with Crippen molar-refractivity contribution >= 4 is 30.7 Å². The average molecular weight is 420 g/mol. The summed E-state index contributed by atoms with van der Waals surface area (Å²) in [6, 6.07) is 8.36. The van der Waals surface area contributed by atoms with Crippen molar-refractivity contribution in [1.29, 1.82) is 0 Å². The first-order valence-corrected chi connectivity index (χ1v) is 9.26. The zero-order valence-electron chi connectivity index (χ0n) is 15.8. The first-order valence-electron chi connectivity index (χ1n) is 9.26. The Morgan fingerprint density at radius 3 is 2.56 bits per heavy atom. The van der Waals surface area contributed by atoms with Gasteiger partial charge in [-0.05, 0) is 43.6 Å². The molecule has 27 heavy (non-hydrogen) atoms. The summed E-state index contributed by atoms with van der Waals surface area (Å²) < 4.78 is 10.8. The molecule has 2 fully saturated rings. The van der Waals surface area contributed by atoms with Crippen LogP contribution in [0, 0.1) is 0 Å². The lowest BCUT2D eigenvalue weighted by molar-refractivity contribution is -0.134. The van der Waals surface area contributed by atoms with Crippen LogP contribution in [-0.4, -0.2) is 63.4 Å². The molecule has 2 heterocycles. The number of methoxy groups -OCH3 is 1. The summed E-state index contributed by atoms with van der Waals surface area (Å²) in [6.45, 7) is 4.74. The number of hydrogen-bond donors (Lipinski definition) is 2. The van der Waals surface area contributed by atoms with E-state index in [4.69, 9.17) is 9.47 Å². The van der Waals surface area contributed by atoms with E-state index in [2.05, 4.69) is 27.7 Å². The quantitative estimate of drug-likeness (QED) is 0.739. The van der Waals surface area contributed by atoms with E-state index in [-0.39, 0.29) is 42.9 Å². The Kier molecular flexibility index (Phi) is 11.0. The zero-order valence-corrected chi connectivity index (χ0v) is 17.4. The van der Waals surface area contributed by atoms with Crippen LogP contribution in [0.2, 0.25) is 0 Å². The largest absolute Gasteiger partial charge is 0.497 e. The van der Waals surface area contributed by atoms with E-state index in [0.29, 0.717) is 19.7 Å². The highest BCUT2D eigenvalue weighted by Crippen LogP contribution is 2.26. The summed E-state index contributed by atoms with van der Waals surface area (Å²) in [7, 11) is 1.68. The van der Waals surface area contributed by atoms with Crippen molar-refractivity contribution in [3.8, 4) is 5.75 Å². The van der Waals surface area contributed by atoms with Crippen molar-refractivity contribution in [3.05, 3.63) is 29.8 Å². The SMILES string of the molecule is COc1ccc(C(CNC(=O)[C@H]2CNCCO2)N2CCCCC2)cc1.Cl.Cl. The normalized spacial score (nSPS) is 21.3. The summed E-state index contributed by atoms with van der Waals surface area (Å²) >= 11 is 0. The molecule has 2 aliphatic rings. The van der Waals surface area contributed by atoms with Gasteiger partial charge in [0.05, 0.1) is 19.8 Å². The van der Waals surface area contributed by atoms with Crippen LogP contribution < -0.4 is 15.4 Å². The van der Waals surface area contributed by atoms with E-state index in [9.17, 15) is 4.79 Å². The molecule has 154 valence electrons. The Bertz CT molecular complexity index is 548. The minimum absolute atomic E-state index is 0. The highest BCUT2D eigenvalue weighted by molar-refractivity contribution is 5.85. The minimum atomic E-state index is -0.383. The maximum Gasteiger partial charge on any atom is 0.250 e. The monoisotopic (exact) mass is 419 g/mol. The molecule has 0 saturated carbocycles. The highest BCUT2D eigenvalue weighted by atomic mass is 35.5. The van der Waals surface area contributed by atoms with Gasteiger partial charge in [-0.25, -0.2) is 0 Å². The number of ether oxygens (including phenoxy) is 2. The number of carbonyl (C=O) groups excluding carboxylic acids is 1. The third-order valence-corrected chi connectivity index (χ3v) is 5.02. The molecule has 0 aliphatic carbocycles. The maximum atomic E-state index is 12.4. The molecule has 1 unspecified atom stereocenters. The van der Waals surface area contributed by atoms with Crippen molar-refractivity contribution < 1.29 is 14.3 Å². The van der Waals surface area contributed by atoms with Crippen molar-refractivity contribution in [3.63, 3.8) is 0 Å². The molecule has 1 amide bonds. The second-order valence-electron chi connectivity index (χ2n) is 6.69. The van der Waals surface area contributed by atoms with Crippen LogP contribution in [0.5, 0.6) is 5.75 Å². The predicted octanol–water partition coefficient (Wildman–Crippen LogP) is 2.17. The fraction of sp³-hybridized carbons (Fsp3) is 0.632. The van der Waals surface area contributed by atoms with E-state index in [0.717, 1.165) is 25.4 Å². The van der Waals surface area contributed by atoms with Crippen molar-refractivity contribution in [2.24, 2.45) is 0 Å². The molecule has 2 N–H and O–H groups in total. The molecule has 0 radical (unpaired) electrons. The molecule has 1 aromatic rings. The second kappa shape index (κ2) is 12.4. The van der Waals surface area contributed by atoms with E-state index < -0.39 is 0 Å². The Morgan fingerprint density at radius 2 is 1.96 bits per heavy atom. The molecular weight excluding hydrogens is 389 g/mol. The summed E-state index contributed by atoms with van der Waals surface area (Å²) in [5.74, 6) is 0.828. The van der Waals surface area contributed by atoms with Crippen LogP contribution in [0.1, 0.15) is 30.9 Å². The van der Waals surface area contributed by atoms with Crippen LogP contribution in [-0.2, 0) is 9.53 Å². The first-order chi connectivity index (χ1) is 12.3. The number of likely N-dealkylation sites (tertiary alicyclic amines) is 1. The first kappa shape index (κ1) is 24.0. The minimum Gasteiger partial charge on any atom is -0.497 e. The lowest BCUT2D eigenvalue weighted by Crippen LogP contribution is -2.49. The average Bonchev–Trinajstić information content (AvgIpc) is 2.70. The van der Waals surface area contributed by atoms with Crippen LogP contribution in [0.4, 0.5) is 0 Å². The van der Waals surface area contributed by atoms with Gasteiger partial charge in [0.2, 0.25) is 0 Å². The molecule has 0 bridgehead atoms. The summed E-state index contributed by atoms with van der Waals surface area (Å²) in [6.07, 6.45) is 3.35. The van der Waals surface area contributed by atoms with Gasteiger partial charge in [0.1, 0.15) is 11.9 Å². The molecule has 6 nitrogen and oxygen atoms in total. The van der Waals surface area contributed by atoms with Gasteiger partial charge >= 0.3 is 0 Å². The number of nitrogens with one attached hydrogen (secondary N) is 2. The number of piperidine rings is 1. The Balaban J connectivity index is 0.00000182. The number of halogens is 2. The highest BCUT2D eigenvalue weighted by Gasteiger charge is 2.26. The summed E-state index contributed by atoms with van der Waals surface area (Å²) in [5, 5.41) is 6.30. The fourth-order valence-electron chi connectivity index (χ4n) is 3.56. The molecule has 2 atom stereocenters. The Morgan fingerprint density at radius 1 is 1.26 bits per heavy atom. The lowest BCUT2D eigenvalue weighted by atomic mass is 10.0. The van der Waals surface area contributed by atoms with Crippen LogP contribution in [0.25, 0.3) is 0 Å². The molecular formula is C19H31Cl2N3O3. The predicted molar refractivity (Wildman–Crippen MR) is 111 cm³/mol. The number of rotatable bonds is 6. The standard InChI is InChI=1S/C19H29N3O3.2ClH/c1-24-16-7-5-15(6-8-16)17(22-10-3-2-4-11-22)13-21-19(23)18-14-20-9-12-25-18;;/h5-8,17-18,20H,2-4,9-14H2,1H3,(H,21,23);2*1H/t17?,18-;;/m1../s1. The van der Waals surface area contributed by atoms with Crippen LogP contribution in [0.3, 0.4) is 0 Å². The number of morpholine rings is 1. The molecule has 2 saturated heterocycles. The van der Waals surface area contributed by atoms with Gasteiger partial charge in [-0.15, -0.1) is 24.8 Å². The van der Waals surface area contributed by atoms with Crippen molar-refractivity contribution in [2.75, 3.05) is 46.4 Å². The van der Waals surface area contributed by atoms with Gasteiger partial charge < -0.3 is 20.1 Å². The Hall–Kier alpha value is -1.05. The van der Waals surface area contributed by atoms with Gasteiger partial charge in [-0.3, -0.25) is 9.69 Å². The summed E-state index contributed by atoms with van der Waals surface area (Å²) in [5.41, 5.74) is 1.21. The molecule has 8 heteroatoms. The fourth-order valence-corrected chi connectivity index (χ4v) is 3.56. The van der Waals surface area contributed by atoms with Gasteiger partial charge in [0, 0.05) is 19.6 Å². The Labute approximate surface area is 174 Å². The number of benzene rings is 1. The van der Waals surface area contributed by atoms with Gasteiger partial charge in [-0.2, -0.15) is 0 Å². The van der Waals surface area contributed by atoms with Crippen LogP contribution in [0.15, 0.2) is 24.3 Å². The van der Waals surface area contributed by atoms with Crippen LogP contribution >= 0.6 is 24.8 Å².